The molecule has 4 heteroatoms. The lowest BCUT2D eigenvalue weighted by atomic mass is 10.1. The van der Waals surface area contributed by atoms with Gasteiger partial charge in [0.2, 0.25) is 0 Å². The van der Waals surface area contributed by atoms with E-state index in [1.54, 1.807) is 20.9 Å². The second-order valence-corrected chi connectivity index (χ2v) is 2.37. The number of hydrogen-bond donors (Lipinski definition) is 1. The zero-order valence-electron chi connectivity index (χ0n) is 6.72. The Hall–Kier alpha value is -0.0900. The average molecular weight is 212 g/mol. The molecule has 0 heterocycles. The molecular formula is C6H14BrNO2. The summed E-state index contributed by atoms with van der Waals surface area (Å²) in [7, 11) is 3.10. The van der Waals surface area contributed by atoms with E-state index in [0.29, 0.717) is 0 Å². The molecular weight excluding hydrogens is 198 g/mol. The van der Waals surface area contributed by atoms with E-state index in [2.05, 4.69) is 10.1 Å². The molecule has 0 aromatic rings. The van der Waals surface area contributed by atoms with Gasteiger partial charge in [0.15, 0.2) is 0 Å². The third kappa shape index (κ3) is 3.17. The normalized spacial score (nSPS) is 10.0. The molecule has 0 saturated carbocycles. The van der Waals surface area contributed by atoms with Gasteiger partial charge in [0.05, 0.1) is 7.11 Å². The predicted molar refractivity (Wildman–Crippen MR) is 45.5 cm³/mol. The maximum Gasteiger partial charge on any atom is 0.325 e. The third-order valence-electron chi connectivity index (χ3n) is 1.32. The summed E-state index contributed by atoms with van der Waals surface area (Å²) in [6.45, 7) is 3.53. The first kappa shape index (κ1) is 12.6. The fourth-order valence-electron chi connectivity index (χ4n) is 0.357. The minimum Gasteiger partial charge on any atom is -0.468 e. The summed E-state index contributed by atoms with van der Waals surface area (Å²) in [5.74, 6) is -0.245. The van der Waals surface area contributed by atoms with Gasteiger partial charge in [0.1, 0.15) is 5.54 Å². The fraction of sp³-hybridized carbons (Fsp3) is 0.833. The van der Waals surface area contributed by atoms with E-state index in [-0.39, 0.29) is 23.0 Å². The maximum atomic E-state index is 10.8. The lowest BCUT2D eigenvalue weighted by molar-refractivity contribution is -0.146. The van der Waals surface area contributed by atoms with Crippen LogP contribution in [0.1, 0.15) is 13.8 Å². The van der Waals surface area contributed by atoms with E-state index in [0.717, 1.165) is 0 Å². The Kier molecular flexibility index (Phi) is 5.89. The second-order valence-electron chi connectivity index (χ2n) is 2.37. The molecule has 0 spiro atoms. The van der Waals surface area contributed by atoms with Gasteiger partial charge in [-0.15, -0.1) is 17.0 Å². The molecule has 0 rings (SSSR count). The minimum absolute atomic E-state index is 0. The van der Waals surface area contributed by atoms with Crippen molar-refractivity contribution in [2.45, 2.75) is 19.4 Å². The van der Waals surface area contributed by atoms with Gasteiger partial charge in [-0.2, -0.15) is 0 Å². The SMILES string of the molecule is Br.CNC(C)(C)C(=O)OC. The van der Waals surface area contributed by atoms with Crippen LogP contribution in [0.15, 0.2) is 0 Å². The minimum atomic E-state index is -0.561. The maximum absolute atomic E-state index is 10.8. The van der Waals surface area contributed by atoms with Crippen LogP contribution in [0.2, 0.25) is 0 Å². The molecule has 0 bridgehead atoms. The molecule has 0 aliphatic carbocycles. The Morgan fingerprint density at radius 1 is 1.50 bits per heavy atom. The standard InChI is InChI=1S/C6H13NO2.BrH/c1-6(2,7-3)5(8)9-4;/h7H,1-4H3;1H. The topological polar surface area (TPSA) is 38.3 Å². The van der Waals surface area contributed by atoms with Crippen LogP contribution in [-0.4, -0.2) is 25.7 Å². The number of carbonyl (C=O) groups is 1. The Balaban J connectivity index is 0. The smallest absolute Gasteiger partial charge is 0.325 e. The van der Waals surface area contributed by atoms with Crippen molar-refractivity contribution >= 4 is 23.0 Å². The van der Waals surface area contributed by atoms with Gasteiger partial charge in [-0.25, -0.2) is 0 Å². The van der Waals surface area contributed by atoms with Crippen molar-refractivity contribution in [3.8, 4) is 0 Å². The summed E-state index contributed by atoms with van der Waals surface area (Å²) in [6, 6.07) is 0. The first-order chi connectivity index (χ1) is 4.04. The van der Waals surface area contributed by atoms with Gasteiger partial charge in [-0.1, -0.05) is 0 Å². The number of methoxy groups -OCH3 is 1. The first-order valence-corrected chi connectivity index (χ1v) is 2.82. The van der Waals surface area contributed by atoms with Gasteiger partial charge < -0.3 is 10.1 Å². The number of hydrogen-bond acceptors (Lipinski definition) is 3. The van der Waals surface area contributed by atoms with Crippen LogP contribution in [0, 0.1) is 0 Å². The van der Waals surface area contributed by atoms with E-state index < -0.39 is 5.54 Å². The number of nitrogens with one attached hydrogen (secondary N) is 1. The number of halogens is 1. The summed E-state index contributed by atoms with van der Waals surface area (Å²) < 4.78 is 4.50. The van der Waals surface area contributed by atoms with Crippen molar-refractivity contribution in [3.05, 3.63) is 0 Å². The van der Waals surface area contributed by atoms with E-state index in [1.807, 2.05) is 0 Å². The number of esters is 1. The Labute approximate surface area is 71.9 Å². The van der Waals surface area contributed by atoms with Gasteiger partial charge in [0.25, 0.3) is 0 Å². The van der Waals surface area contributed by atoms with Crippen LogP contribution in [-0.2, 0) is 9.53 Å². The predicted octanol–water partition coefficient (Wildman–Crippen LogP) is 0.735. The zero-order valence-corrected chi connectivity index (χ0v) is 8.44. The van der Waals surface area contributed by atoms with Gasteiger partial charge in [-0.3, -0.25) is 4.79 Å². The molecule has 0 aromatic carbocycles. The fourth-order valence-corrected chi connectivity index (χ4v) is 0.357. The van der Waals surface area contributed by atoms with Crippen LogP contribution >= 0.6 is 17.0 Å². The van der Waals surface area contributed by atoms with Crippen LogP contribution < -0.4 is 5.32 Å². The van der Waals surface area contributed by atoms with Crippen LogP contribution in [0.25, 0.3) is 0 Å². The molecule has 1 N–H and O–H groups in total. The van der Waals surface area contributed by atoms with Gasteiger partial charge >= 0.3 is 5.97 Å². The summed E-state index contributed by atoms with van der Waals surface area (Å²) in [4.78, 5) is 10.8. The zero-order chi connectivity index (χ0) is 7.49. The molecule has 10 heavy (non-hydrogen) atoms. The molecule has 0 aliphatic rings. The van der Waals surface area contributed by atoms with E-state index in [1.165, 1.54) is 7.11 Å². The van der Waals surface area contributed by atoms with Crippen molar-refractivity contribution in [1.82, 2.24) is 5.32 Å². The summed E-state index contributed by atoms with van der Waals surface area (Å²) in [5, 5.41) is 2.82. The highest BCUT2D eigenvalue weighted by atomic mass is 79.9. The summed E-state index contributed by atoms with van der Waals surface area (Å²) in [6.07, 6.45) is 0. The van der Waals surface area contributed by atoms with Crippen LogP contribution in [0.3, 0.4) is 0 Å². The first-order valence-electron chi connectivity index (χ1n) is 2.82. The molecule has 0 atom stereocenters. The number of likely N-dealkylation sites (N-methyl/N-ethyl adjacent to an activating group) is 1. The largest absolute Gasteiger partial charge is 0.468 e. The van der Waals surface area contributed by atoms with Crippen LogP contribution in [0.5, 0.6) is 0 Å². The Morgan fingerprint density at radius 2 is 1.90 bits per heavy atom. The summed E-state index contributed by atoms with van der Waals surface area (Å²) in [5.41, 5.74) is -0.561. The average Bonchev–Trinajstić information content (AvgIpc) is 1.86. The molecule has 0 aliphatic heterocycles. The quantitative estimate of drug-likeness (QED) is 0.686. The number of ether oxygens (including phenoxy) is 1. The molecule has 0 saturated heterocycles. The van der Waals surface area contributed by atoms with Crippen molar-refractivity contribution in [3.63, 3.8) is 0 Å². The molecule has 0 unspecified atom stereocenters. The lowest BCUT2D eigenvalue weighted by Crippen LogP contribution is -2.45. The van der Waals surface area contributed by atoms with Crippen molar-refractivity contribution < 1.29 is 9.53 Å². The second kappa shape index (κ2) is 4.68. The van der Waals surface area contributed by atoms with Crippen molar-refractivity contribution in [1.29, 1.82) is 0 Å². The Morgan fingerprint density at radius 3 is 2.00 bits per heavy atom. The molecule has 3 nitrogen and oxygen atoms in total. The molecule has 62 valence electrons. The Bertz CT molecular complexity index is 114. The van der Waals surface area contributed by atoms with Crippen LogP contribution in [0.4, 0.5) is 0 Å². The number of rotatable bonds is 2. The highest BCUT2D eigenvalue weighted by Gasteiger charge is 2.25. The van der Waals surface area contributed by atoms with Crippen molar-refractivity contribution in [2.75, 3.05) is 14.2 Å². The van der Waals surface area contributed by atoms with E-state index in [9.17, 15) is 4.79 Å². The summed E-state index contributed by atoms with van der Waals surface area (Å²) >= 11 is 0. The van der Waals surface area contributed by atoms with Crippen molar-refractivity contribution in [2.24, 2.45) is 0 Å². The molecule has 0 aromatic heterocycles. The van der Waals surface area contributed by atoms with E-state index >= 15 is 0 Å². The third-order valence-corrected chi connectivity index (χ3v) is 1.32. The monoisotopic (exact) mass is 211 g/mol. The number of carbonyl (C=O) groups excluding carboxylic acids is 1. The van der Waals surface area contributed by atoms with E-state index in [4.69, 9.17) is 0 Å². The molecule has 0 radical (unpaired) electrons. The lowest BCUT2D eigenvalue weighted by Gasteiger charge is -2.19. The molecule has 0 fully saturated rings. The van der Waals surface area contributed by atoms with Gasteiger partial charge in [-0.05, 0) is 20.9 Å². The highest BCUT2D eigenvalue weighted by Crippen LogP contribution is 2.01. The van der Waals surface area contributed by atoms with Gasteiger partial charge in [0, 0.05) is 0 Å². The molecule has 0 amide bonds. The highest BCUT2D eigenvalue weighted by molar-refractivity contribution is 8.93.